The maximum atomic E-state index is 2.47. The molecule has 0 heteroatoms. The second-order valence-electron chi connectivity index (χ2n) is 5.36. The molecule has 2 atom stereocenters. The summed E-state index contributed by atoms with van der Waals surface area (Å²) in [6.45, 7) is 9.64. The summed E-state index contributed by atoms with van der Waals surface area (Å²) in [7, 11) is 0. The molecule has 1 aliphatic rings. The third kappa shape index (κ3) is 2.02. The first-order chi connectivity index (χ1) is 5.54. The Hall–Kier alpha value is 0. The smallest absolute Gasteiger partial charge is 0.0323 e. The Labute approximate surface area is 77.7 Å². The molecule has 12 heavy (non-hydrogen) atoms. The van der Waals surface area contributed by atoms with Crippen LogP contribution in [-0.2, 0) is 0 Å². The Morgan fingerprint density at radius 3 is 1.67 bits per heavy atom. The van der Waals surface area contributed by atoms with E-state index in [-0.39, 0.29) is 0 Å². The standard InChI is InChI=1S/C12H24/c1-5-11(3)8-7-9-12(4,6-2)10-11/h5-10H2,1-4H3. The van der Waals surface area contributed by atoms with Gasteiger partial charge in [0, 0.05) is 0 Å². The minimum atomic E-state index is 0.656. The SMILES string of the molecule is CCC1(C)CCCC(C)(CC)C1. The number of rotatable bonds is 2. The van der Waals surface area contributed by atoms with Crippen molar-refractivity contribution in [3.8, 4) is 0 Å². The van der Waals surface area contributed by atoms with Crippen LogP contribution in [0.4, 0.5) is 0 Å². The van der Waals surface area contributed by atoms with Gasteiger partial charge in [0.1, 0.15) is 0 Å². The topological polar surface area (TPSA) is 0 Å². The molecule has 1 aliphatic carbocycles. The normalized spacial score (nSPS) is 43.0. The molecule has 72 valence electrons. The van der Waals surface area contributed by atoms with Gasteiger partial charge >= 0.3 is 0 Å². The molecule has 0 spiro atoms. The van der Waals surface area contributed by atoms with Gasteiger partial charge in [-0.3, -0.25) is 0 Å². The highest BCUT2D eigenvalue weighted by Crippen LogP contribution is 2.49. The number of hydrogen-bond acceptors (Lipinski definition) is 0. The van der Waals surface area contributed by atoms with Crippen molar-refractivity contribution in [1.82, 2.24) is 0 Å². The summed E-state index contributed by atoms with van der Waals surface area (Å²) in [6.07, 6.45) is 8.55. The van der Waals surface area contributed by atoms with Crippen molar-refractivity contribution >= 4 is 0 Å². The summed E-state index contributed by atoms with van der Waals surface area (Å²) in [4.78, 5) is 0. The molecule has 0 heterocycles. The second-order valence-corrected chi connectivity index (χ2v) is 5.36. The van der Waals surface area contributed by atoms with Gasteiger partial charge in [0.15, 0.2) is 0 Å². The van der Waals surface area contributed by atoms with Crippen molar-refractivity contribution < 1.29 is 0 Å². The van der Waals surface area contributed by atoms with Gasteiger partial charge < -0.3 is 0 Å². The van der Waals surface area contributed by atoms with Crippen LogP contribution in [0.15, 0.2) is 0 Å². The summed E-state index contributed by atoms with van der Waals surface area (Å²) in [5, 5.41) is 0. The monoisotopic (exact) mass is 168 g/mol. The zero-order chi connectivity index (χ0) is 9.24. The van der Waals surface area contributed by atoms with E-state index in [0.29, 0.717) is 10.8 Å². The van der Waals surface area contributed by atoms with Crippen LogP contribution in [-0.4, -0.2) is 0 Å². The van der Waals surface area contributed by atoms with Crippen LogP contribution in [0.1, 0.15) is 66.2 Å². The lowest BCUT2D eigenvalue weighted by Crippen LogP contribution is -2.31. The molecular weight excluding hydrogens is 144 g/mol. The van der Waals surface area contributed by atoms with Crippen molar-refractivity contribution in [1.29, 1.82) is 0 Å². The Morgan fingerprint density at radius 1 is 0.917 bits per heavy atom. The third-order valence-electron chi connectivity index (χ3n) is 4.12. The van der Waals surface area contributed by atoms with E-state index in [1.807, 2.05) is 0 Å². The first kappa shape index (κ1) is 10.1. The highest BCUT2D eigenvalue weighted by molar-refractivity contribution is 4.88. The lowest BCUT2D eigenvalue weighted by atomic mass is 9.62. The molecule has 1 rings (SSSR count). The van der Waals surface area contributed by atoms with Crippen molar-refractivity contribution in [3.63, 3.8) is 0 Å². The van der Waals surface area contributed by atoms with Gasteiger partial charge in [-0.2, -0.15) is 0 Å². The maximum absolute atomic E-state index is 2.47. The minimum absolute atomic E-state index is 0.656. The van der Waals surface area contributed by atoms with Gasteiger partial charge in [-0.1, -0.05) is 47.0 Å². The predicted molar refractivity (Wildman–Crippen MR) is 55.3 cm³/mol. The molecule has 0 aromatic rings. The van der Waals surface area contributed by atoms with E-state index in [2.05, 4.69) is 27.7 Å². The third-order valence-corrected chi connectivity index (χ3v) is 4.12. The van der Waals surface area contributed by atoms with E-state index in [4.69, 9.17) is 0 Å². The molecule has 1 fully saturated rings. The summed E-state index contributed by atoms with van der Waals surface area (Å²) in [5.41, 5.74) is 1.31. The van der Waals surface area contributed by atoms with Crippen molar-refractivity contribution in [2.24, 2.45) is 10.8 Å². The van der Waals surface area contributed by atoms with E-state index in [9.17, 15) is 0 Å². The fourth-order valence-electron chi connectivity index (χ4n) is 2.75. The highest BCUT2D eigenvalue weighted by Gasteiger charge is 2.36. The van der Waals surface area contributed by atoms with Gasteiger partial charge in [0.2, 0.25) is 0 Å². The molecule has 0 saturated heterocycles. The molecule has 0 aromatic carbocycles. The average Bonchev–Trinajstić information content (AvgIpc) is 2.05. The maximum Gasteiger partial charge on any atom is -0.0323 e. The molecule has 2 unspecified atom stereocenters. The first-order valence-electron chi connectivity index (χ1n) is 5.54. The lowest BCUT2D eigenvalue weighted by molar-refractivity contribution is 0.0779. The van der Waals surface area contributed by atoms with Gasteiger partial charge in [0.05, 0.1) is 0 Å². The largest absolute Gasteiger partial charge is 0.0649 e. The molecule has 0 N–H and O–H groups in total. The highest BCUT2D eigenvalue weighted by atomic mass is 14.4. The summed E-state index contributed by atoms with van der Waals surface area (Å²) >= 11 is 0. The Morgan fingerprint density at radius 2 is 1.33 bits per heavy atom. The molecule has 1 saturated carbocycles. The van der Waals surface area contributed by atoms with E-state index < -0.39 is 0 Å². The van der Waals surface area contributed by atoms with Gasteiger partial charge in [-0.05, 0) is 30.1 Å². The average molecular weight is 168 g/mol. The Bertz CT molecular complexity index is 134. The van der Waals surface area contributed by atoms with Crippen molar-refractivity contribution in [2.45, 2.75) is 66.2 Å². The van der Waals surface area contributed by atoms with E-state index in [1.165, 1.54) is 38.5 Å². The van der Waals surface area contributed by atoms with Gasteiger partial charge in [0.25, 0.3) is 0 Å². The summed E-state index contributed by atoms with van der Waals surface area (Å²) in [6, 6.07) is 0. The first-order valence-corrected chi connectivity index (χ1v) is 5.54. The Balaban J connectivity index is 2.62. The van der Waals surface area contributed by atoms with E-state index in [1.54, 1.807) is 0 Å². The lowest BCUT2D eigenvalue weighted by Gasteiger charge is -2.44. The van der Waals surface area contributed by atoms with Crippen LogP contribution in [0.2, 0.25) is 0 Å². The molecule has 0 aliphatic heterocycles. The Kier molecular flexibility index (Phi) is 2.85. The number of hydrogen-bond donors (Lipinski definition) is 0. The van der Waals surface area contributed by atoms with Crippen molar-refractivity contribution in [2.75, 3.05) is 0 Å². The van der Waals surface area contributed by atoms with Crippen LogP contribution in [0.5, 0.6) is 0 Å². The molecular formula is C12H24. The summed E-state index contributed by atoms with van der Waals surface area (Å²) in [5.74, 6) is 0. The molecule has 0 radical (unpaired) electrons. The fraction of sp³-hybridized carbons (Fsp3) is 1.00. The zero-order valence-corrected chi connectivity index (χ0v) is 9.24. The second kappa shape index (κ2) is 3.40. The van der Waals surface area contributed by atoms with E-state index >= 15 is 0 Å². The van der Waals surface area contributed by atoms with Crippen LogP contribution in [0, 0.1) is 10.8 Å². The molecule has 0 nitrogen and oxygen atoms in total. The van der Waals surface area contributed by atoms with Crippen LogP contribution in [0.3, 0.4) is 0 Å². The fourth-order valence-corrected chi connectivity index (χ4v) is 2.75. The van der Waals surface area contributed by atoms with Crippen LogP contribution >= 0.6 is 0 Å². The van der Waals surface area contributed by atoms with Gasteiger partial charge in [-0.15, -0.1) is 0 Å². The van der Waals surface area contributed by atoms with E-state index in [0.717, 1.165) is 0 Å². The molecule has 0 aromatic heterocycles. The molecule has 0 bridgehead atoms. The summed E-state index contributed by atoms with van der Waals surface area (Å²) < 4.78 is 0. The van der Waals surface area contributed by atoms with Crippen LogP contribution < -0.4 is 0 Å². The molecule has 0 amide bonds. The van der Waals surface area contributed by atoms with Crippen LogP contribution in [0.25, 0.3) is 0 Å². The van der Waals surface area contributed by atoms with Gasteiger partial charge in [-0.25, -0.2) is 0 Å². The zero-order valence-electron chi connectivity index (χ0n) is 9.24. The quantitative estimate of drug-likeness (QED) is 0.573. The predicted octanol–water partition coefficient (Wildman–Crippen LogP) is 4.39. The minimum Gasteiger partial charge on any atom is -0.0649 e. The van der Waals surface area contributed by atoms with Crippen molar-refractivity contribution in [3.05, 3.63) is 0 Å².